The quantitative estimate of drug-likeness (QED) is 0.577. The minimum absolute atomic E-state index is 0.00818. The highest BCUT2D eigenvalue weighted by Gasteiger charge is 2.59. The van der Waals surface area contributed by atoms with Gasteiger partial charge in [0.2, 0.25) is 0 Å². The summed E-state index contributed by atoms with van der Waals surface area (Å²) in [6.45, 7) is 7.85. The topological polar surface area (TPSA) is 50.4 Å². The molecule has 0 radical (unpaired) electrons. The van der Waals surface area contributed by atoms with Crippen molar-refractivity contribution in [3.05, 3.63) is 59.7 Å². The van der Waals surface area contributed by atoms with Crippen LogP contribution in [0.25, 0.3) is 0 Å². The van der Waals surface area contributed by atoms with Gasteiger partial charge in [-0.15, -0.1) is 0 Å². The first kappa shape index (κ1) is 21.5. The van der Waals surface area contributed by atoms with Crippen LogP contribution in [0.5, 0.6) is 5.75 Å². The monoisotopic (exact) mass is 432 g/mol. The van der Waals surface area contributed by atoms with E-state index in [0.29, 0.717) is 10.8 Å². The van der Waals surface area contributed by atoms with E-state index in [1.807, 2.05) is 43.3 Å². The van der Waals surface area contributed by atoms with Crippen molar-refractivity contribution in [3.63, 3.8) is 0 Å². The van der Waals surface area contributed by atoms with E-state index >= 15 is 0 Å². The Balaban J connectivity index is 1.22. The van der Waals surface area contributed by atoms with Gasteiger partial charge in [-0.25, -0.2) is 0 Å². The largest absolute Gasteiger partial charge is 0.483 e. The van der Waals surface area contributed by atoms with Crippen LogP contribution in [0.3, 0.4) is 0 Å². The second-order valence-electron chi connectivity index (χ2n) is 11.6. The van der Waals surface area contributed by atoms with Crippen LogP contribution in [0.15, 0.2) is 48.5 Å². The number of amides is 1. The molecule has 4 nitrogen and oxygen atoms in total. The first-order chi connectivity index (χ1) is 15.2. The summed E-state index contributed by atoms with van der Waals surface area (Å²) in [6, 6.07) is 15.9. The molecule has 2 unspecified atom stereocenters. The Labute approximate surface area is 192 Å². The highest BCUT2D eigenvalue weighted by atomic mass is 16.5. The lowest BCUT2D eigenvalue weighted by atomic mass is 9.43. The molecule has 4 bridgehead atoms. The maximum atomic E-state index is 12.4. The van der Waals surface area contributed by atoms with Crippen molar-refractivity contribution in [2.24, 2.45) is 16.7 Å². The van der Waals surface area contributed by atoms with Gasteiger partial charge in [-0.2, -0.15) is 0 Å². The summed E-state index contributed by atoms with van der Waals surface area (Å²) in [5.74, 6) is 1.52. The van der Waals surface area contributed by atoms with Gasteiger partial charge in [0, 0.05) is 23.3 Å². The number of rotatable bonds is 7. The van der Waals surface area contributed by atoms with E-state index in [1.54, 1.807) is 0 Å². The Bertz CT molecular complexity index is 981. The smallest absolute Gasteiger partial charge is 0.262 e. The van der Waals surface area contributed by atoms with Crippen LogP contribution in [-0.2, 0) is 11.3 Å². The van der Waals surface area contributed by atoms with Crippen molar-refractivity contribution in [2.45, 2.75) is 71.4 Å². The molecule has 0 saturated heterocycles. The molecule has 32 heavy (non-hydrogen) atoms. The third-order valence-corrected chi connectivity index (χ3v) is 7.95. The fourth-order valence-electron chi connectivity index (χ4n) is 7.70. The Morgan fingerprint density at radius 2 is 1.66 bits per heavy atom. The number of carbonyl (C=O) groups excluding carboxylic acids is 1. The summed E-state index contributed by atoms with van der Waals surface area (Å²) in [4.78, 5) is 12.4. The van der Waals surface area contributed by atoms with Gasteiger partial charge in [0.1, 0.15) is 5.75 Å². The summed E-state index contributed by atoms with van der Waals surface area (Å²) >= 11 is 0. The van der Waals surface area contributed by atoms with Crippen molar-refractivity contribution < 1.29 is 9.53 Å². The van der Waals surface area contributed by atoms with Crippen LogP contribution in [0.1, 0.15) is 63.5 Å². The summed E-state index contributed by atoms with van der Waals surface area (Å²) < 4.78 is 5.95. The van der Waals surface area contributed by atoms with Gasteiger partial charge in [-0.1, -0.05) is 49.7 Å². The second-order valence-corrected chi connectivity index (χ2v) is 11.6. The predicted molar refractivity (Wildman–Crippen MR) is 129 cm³/mol. The van der Waals surface area contributed by atoms with Crippen LogP contribution < -0.4 is 15.4 Å². The standard InChI is InChI=1S/C28H36N2O2/c1-20-8-10-23(11-9-20)30-25(31)16-32-24-7-5-4-6-22(24)15-29-28-14-21-12-26(2,18-28)17-27(3,13-21)19-28/h4-11,21,29H,12-19H2,1-3H3,(H,30,31)/t21?,26-,27+,28?. The average molecular weight is 433 g/mol. The number of nitrogens with one attached hydrogen (secondary N) is 2. The number of hydrogen-bond donors (Lipinski definition) is 2. The molecule has 4 heteroatoms. The zero-order chi connectivity index (χ0) is 22.4. The zero-order valence-corrected chi connectivity index (χ0v) is 19.7. The lowest BCUT2D eigenvalue weighted by molar-refractivity contribution is -0.119. The van der Waals surface area contributed by atoms with Crippen LogP contribution in [0, 0.1) is 23.7 Å². The molecule has 0 aromatic heterocycles. The molecule has 2 aromatic rings. The van der Waals surface area contributed by atoms with Gasteiger partial charge in [-0.05, 0) is 80.4 Å². The number of carbonyl (C=O) groups is 1. The van der Waals surface area contributed by atoms with Gasteiger partial charge >= 0.3 is 0 Å². The van der Waals surface area contributed by atoms with E-state index in [0.717, 1.165) is 29.5 Å². The lowest BCUT2D eigenvalue weighted by Crippen LogP contribution is -2.63. The van der Waals surface area contributed by atoms with Gasteiger partial charge in [0.25, 0.3) is 5.91 Å². The molecule has 0 spiro atoms. The minimum atomic E-state index is -0.140. The molecule has 4 atom stereocenters. The predicted octanol–water partition coefficient (Wildman–Crippen LogP) is 5.85. The summed E-state index contributed by atoms with van der Waals surface area (Å²) in [6.07, 6.45) is 8.07. The molecule has 170 valence electrons. The van der Waals surface area contributed by atoms with Crippen molar-refractivity contribution in [1.29, 1.82) is 0 Å². The van der Waals surface area contributed by atoms with Crippen molar-refractivity contribution >= 4 is 11.6 Å². The van der Waals surface area contributed by atoms with Crippen molar-refractivity contribution in [2.75, 3.05) is 11.9 Å². The van der Waals surface area contributed by atoms with Gasteiger partial charge < -0.3 is 15.4 Å². The fourth-order valence-corrected chi connectivity index (χ4v) is 7.70. The van der Waals surface area contributed by atoms with Crippen molar-refractivity contribution in [1.82, 2.24) is 5.32 Å². The molecule has 6 rings (SSSR count). The number of ether oxygens (including phenoxy) is 1. The van der Waals surface area contributed by atoms with Crippen LogP contribution in [0.2, 0.25) is 0 Å². The molecular weight excluding hydrogens is 396 g/mol. The van der Waals surface area contributed by atoms with E-state index < -0.39 is 0 Å². The molecule has 2 aromatic carbocycles. The van der Waals surface area contributed by atoms with E-state index in [-0.39, 0.29) is 18.1 Å². The lowest BCUT2D eigenvalue weighted by Gasteiger charge is -2.65. The van der Waals surface area contributed by atoms with Gasteiger partial charge in [-0.3, -0.25) is 4.79 Å². The molecular formula is C28H36N2O2. The second kappa shape index (κ2) is 7.91. The molecule has 4 aliphatic rings. The minimum Gasteiger partial charge on any atom is -0.483 e. The third kappa shape index (κ3) is 4.43. The molecule has 4 aliphatic carbocycles. The first-order valence-electron chi connectivity index (χ1n) is 12.1. The fraction of sp³-hybridized carbons (Fsp3) is 0.536. The highest BCUT2D eigenvalue weighted by molar-refractivity contribution is 5.91. The summed E-state index contributed by atoms with van der Waals surface area (Å²) in [7, 11) is 0. The number of hydrogen-bond acceptors (Lipinski definition) is 3. The van der Waals surface area contributed by atoms with Gasteiger partial charge in [0.15, 0.2) is 6.61 Å². The first-order valence-corrected chi connectivity index (χ1v) is 12.1. The Kier molecular flexibility index (Phi) is 5.32. The van der Waals surface area contributed by atoms with E-state index in [2.05, 4.69) is 36.6 Å². The summed E-state index contributed by atoms with van der Waals surface area (Å²) in [5, 5.41) is 6.90. The molecule has 2 N–H and O–H groups in total. The molecule has 4 saturated carbocycles. The number of anilines is 1. The van der Waals surface area contributed by atoms with Crippen LogP contribution in [0.4, 0.5) is 5.69 Å². The number of aryl methyl sites for hydroxylation is 1. The SMILES string of the molecule is Cc1ccc(NC(=O)COc2ccccc2CNC23CC4C[C@@](C)(C2)C[C@](C)(C4)C3)cc1. The Morgan fingerprint density at radius 1 is 0.969 bits per heavy atom. The maximum Gasteiger partial charge on any atom is 0.262 e. The Hall–Kier alpha value is -2.33. The van der Waals surface area contributed by atoms with Crippen molar-refractivity contribution in [3.8, 4) is 5.75 Å². The maximum absolute atomic E-state index is 12.4. The normalized spacial score (nSPS) is 32.7. The summed E-state index contributed by atoms with van der Waals surface area (Å²) in [5.41, 5.74) is 4.32. The van der Waals surface area contributed by atoms with E-state index in [4.69, 9.17) is 4.74 Å². The number of para-hydroxylation sites is 1. The average Bonchev–Trinajstić information content (AvgIpc) is 2.70. The zero-order valence-electron chi connectivity index (χ0n) is 19.7. The number of benzene rings is 2. The molecule has 1 amide bonds. The van der Waals surface area contributed by atoms with Crippen LogP contribution >= 0.6 is 0 Å². The van der Waals surface area contributed by atoms with Gasteiger partial charge in [0.05, 0.1) is 0 Å². The van der Waals surface area contributed by atoms with E-state index in [9.17, 15) is 4.79 Å². The highest BCUT2D eigenvalue weighted by Crippen LogP contribution is 2.66. The third-order valence-electron chi connectivity index (χ3n) is 7.95. The molecule has 0 aliphatic heterocycles. The molecule has 0 heterocycles. The molecule has 4 fully saturated rings. The Morgan fingerprint density at radius 3 is 2.34 bits per heavy atom. The van der Waals surface area contributed by atoms with E-state index in [1.165, 1.54) is 44.1 Å². The van der Waals surface area contributed by atoms with Crippen LogP contribution in [-0.4, -0.2) is 18.1 Å².